The lowest BCUT2D eigenvalue weighted by molar-refractivity contribution is 0.101. The molecule has 0 fully saturated rings. The summed E-state index contributed by atoms with van der Waals surface area (Å²) < 4.78 is 13.5. The Morgan fingerprint density at radius 2 is 1.85 bits per heavy atom. The van der Waals surface area contributed by atoms with Crippen molar-refractivity contribution in [1.82, 2.24) is 10.2 Å². The third-order valence-electron chi connectivity index (χ3n) is 3.74. The van der Waals surface area contributed by atoms with Crippen molar-refractivity contribution in [3.8, 4) is 0 Å². The minimum Gasteiger partial charge on any atom is -0.296 e. The molecule has 0 saturated heterocycles. The van der Waals surface area contributed by atoms with Gasteiger partial charge in [0.25, 0.3) is 5.91 Å². The van der Waals surface area contributed by atoms with Crippen LogP contribution in [0.1, 0.15) is 31.8 Å². The van der Waals surface area contributed by atoms with Crippen LogP contribution in [0.4, 0.5) is 9.52 Å². The summed E-state index contributed by atoms with van der Waals surface area (Å²) in [6.45, 7) is 3.90. The molecule has 0 aliphatic heterocycles. The fraction of sp³-hybridized carbons (Fsp3) is 0.158. The van der Waals surface area contributed by atoms with Crippen LogP contribution in [0.2, 0.25) is 0 Å². The van der Waals surface area contributed by atoms with Gasteiger partial charge in [-0.3, -0.25) is 14.9 Å². The van der Waals surface area contributed by atoms with Gasteiger partial charge >= 0.3 is 0 Å². The maximum Gasteiger partial charge on any atom is 0.257 e. The van der Waals surface area contributed by atoms with Crippen LogP contribution in [0, 0.1) is 19.7 Å². The molecule has 0 unspecified atom stereocenters. The average molecular weight is 401 g/mol. The van der Waals surface area contributed by atoms with Gasteiger partial charge in [-0.05, 0) is 43.7 Å². The monoisotopic (exact) mass is 401 g/mol. The van der Waals surface area contributed by atoms with E-state index < -0.39 is 11.7 Å². The van der Waals surface area contributed by atoms with Gasteiger partial charge in [0.2, 0.25) is 5.13 Å². The Kier molecular flexibility index (Phi) is 5.98. The molecule has 27 heavy (non-hydrogen) atoms. The van der Waals surface area contributed by atoms with Crippen LogP contribution in [0.3, 0.4) is 0 Å². The molecule has 0 atom stereocenters. The second kappa shape index (κ2) is 8.41. The van der Waals surface area contributed by atoms with Gasteiger partial charge in [0.05, 0.1) is 5.75 Å². The first-order valence-corrected chi connectivity index (χ1v) is 9.86. The second-order valence-corrected chi connectivity index (χ2v) is 8.06. The van der Waals surface area contributed by atoms with Crippen molar-refractivity contribution in [2.45, 2.75) is 18.2 Å². The van der Waals surface area contributed by atoms with E-state index in [1.165, 1.54) is 47.4 Å². The molecule has 0 bridgehead atoms. The van der Waals surface area contributed by atoms with Gasteiger partial charge in [-0.15, -0.1) is 10.2 Å². The lowest BCUT2D eigenvalue weighted by atomic mass is 10.0. The Morgan fingerprint density at radius 1 is 1.11 bits per heavy atom. The lowest BCUT2D eigenvalue weighted by Gasteiger charge is -2.04. The van der Waals surface area contributed by atoms with E-state index in [4.69, 9.17) is 0 Å². The van der Waals surface area contributed by atoms with E-state index in [0.29, 0.717) is 20.6 Å². The molecule has 138 valence electrons. The standard InChI is InChI=1S/C19H16FN3O2S2/c1-11-3-8-15(12(2)9-11)16(24)10-26-19-23-22-18(27-19)21-17(25)13-4-6-14(20)7-5-13/h3-9H,10H2,1-2H3,(H,21,22,25). The Hall–Kier alpha value is -2.58. The van der Waals surface area contributed by atoms with Gasteiger partial charge < -0.3 is 0 Å². The predicted octanol–water partition coefficient (Wildman–Crippen LogP) is 4.52. The minimum absolute atomic E-state index is 0.0181. The number of hydrogen-bond acceptors (Lipinski definition) is 6. The number of benzene rings is 2. The maximum absolute atomic E-state index is 12.9. The number of carbonyl (C=O) groups excluding carboxylic acids is 2. The second-order valence-electron chi connectivity index (χ2n) is 5.86. The third kappa shape index (κ3) is 4.99. The highest BCUT2D eigenvalue weighted by Gasteiger charge is 2.14. The Bertz CT molecular complexity index is 987. The molecular formula is C19H16FN3O2S2. The summed E-state index contributed by atoms with van der Waals surface area (Å²) >= 11 is 2.46. The fourth-order valence-electron chi connectivity index (χ4n) is 2.42. The number of nitrogens with zero attached hydrogens (tertiary/aromatic N) is 2. The maximum atomic E-state index is 12.9. The first-order chi connectivity index (χ1) is 12.9. The van der Waals surface area contributed by atoms with E-state index in [1.54, 1.807) is 0 Å². The molecule has 3 aromatic rings. The zero-order chi connectivity index (χ0) is 19.4. The number of amides is 1. The number of thioether (sulfide) groups is 1. The molecule has 0 radical (unpaired) electrons. The molecule has 0 saturated carbocycles. The predicted molar refractivity (Wildman–Crippen MR) is 105 cm³/mol. The minimum atomic E-state index is -0.408. The van der Waals surface area contributed by atoms with Gasteiger partial charge in [-0.25, -0.2) is 4.39 Å². The van der Waals surface area contributed by atoms with Gasteiger partial charge in [-0.1, -0.05) is 46.9 Å². The highest BCUT2D eigenvalue weighted by molar-refractivity contribution is 8.01. The summed E-state index contributed by atoms with van der Waals surface area (Å²) in [6.07, 6.45) is 0. The number of aromatic nitrogens is 2. The molecule has 1 heterocycles. The quantitative estimate of drug-likeness (QED) is 0.373. The summed E-state index contributed by atoms with van der Waals surface area (Å²) in [5.41, 5.74) is 3.08. The van der Waals surface area contributed by atoms with Gasteiger partial charge in [0.15, 0.2) is 10.1 Å². The topological polar surface area (TPSA) is 72.0 Å². The van der Waals surface area contributed by atoms with Gasteiger partial charge in [0.1, 0.15) is 5.82 Å². The van der Waals surface area contributed by atoms with Crippen molar-refractivity contribution in [3.63, 3.8) is 0 Å². The molecule has 0 aliphatic rings. The number of hydrogen-bond donors (Lipinski definition) is 1. The SMILES string of the molecule is Cc1ccc(C(=O)CSc2nnc(NC(=O)c3ccc(F)cc3)s2)c(C)c1. The Morgan fingerprint density at radius 3 is 2.56 bits per heavy atom. The first kappa shape index (κ1) is 19.2. The van der Waals surface area contributed by atoms with Crippen LogP contribution in [-0.2, 0) is 0 Å². The number of halogens is 1. The number of nitrogens with one attached hydrogen (secondary N) is 1. The summed E-state index contributed by atoms with van der Waals surface area (Å²) in [5.74, 6) is -0.543. The van der Waals surface area contributed by atoms with E-state index in [-0.39, 0.29) is 11.5 Å². The molecule has 0 spiro atoms. The van der Waals surface area contributed by atoms with E-state index >= 15 is 0 Å². The molecule has 1 N–H and O–H groups in total. The average Bonchev–Trinajstić information content (AvgIpc) is 3.07. The van der Waals surface area contributed by atoms with Crippen molar-refractivity contribution in [2.75, 3.05) is 11.1 Å². The molecule has 2 aromatic carbocycles. The molecule has 1 aromatic heterocycles. The Labute approximate surface area is 164 Å². The number of ketones is 1. The van der Waals surface area contributed by atoms with Crippen LogP contribution in [0.25, 0.3) is 0 Å². The van der Waals surface area contributed by atoms with Crippen LogP contribution in [-0.4, -0.2) is 27.6 Å². The number of anilines is 1. The zero-order valence-electron chi connectivity index (χ0n) is 14.7. The fourth-order valence-corrected chi connectivity index (χ4v) is 4.05. The van der Waals surface area contributed by atoms with E-state index in [0.717, 1.165) is 11.1 Å². The van der Waals surface area contributed by atoms with Crippen molar-refractivity contribution in [2.24, 2.45) is 0 Å². The number of aryl methyl sites for hydroxylation is 2. The normalized spacial score (nSPS) is 10.6. The van der Waals surface area contributed by atoms with Crippen LogP contribution in [0.15, 0.2) is 46.8 Å². The van der Waals surface area contributed by atoms with E-state index in [2.05, 4.69) is 15.5 Å². The lowest BCUT2D eigenvalue weighted by Crippen LogP contribution is -2.11. The van der Waals surface area contributed by atoms with Crippen molar-refractivity contribution in [3.05, 3.63) is 70.5 Å². The first-order valence-electron chi connectivity index (χ1n) is 8.06. The van der Waals surface area contributed by atoms with Crippen molar-refractivity contribution >= 4 is 39.9 Å². The largest absolute Gasteiger partial charge is 0.296 e. The van der Waals surface area contributed by atoms with E-state index in [9.17, 15) is 14.0 Å². The van der Waals surface area contributed by atoms with Gasteiger partial charge in [0, 0.05) is 11.1 Å². The molecular weight excluding hydrogens is 385 g/mol. The third-order valence-corrected chi connectivity index (χ3v) is 5.71. The number of rotatable bonds is 6. The van der Waals surface area contributed by atoms with Crippen LogP contribution < -0.4 is 5.32 Å². The van der Waals surface area contributed by atoms with Crippen LogP contribution >= 0.6 is 23.1 Å². The Balaban J connectivity index is 1.58. The number of carbonyl (C=O) groups is 2. The van der Waals surface area contributed by atoms with Gasteiger partial charge in [-0.2, -0.15) is 0 Å². The summed E-state index contributed by atoms with van der Waals surface area (Å²) in [4.78, 5) is 24.5. The highest BCUT2D eigenvalue weighted by Crippen LogP contribution is 2.27. The van der Waals surface area contributed by atoms with E-state index in [1.807, 2.05) is 32.0 Å². The smallest absolute Gasteiger partial charge is 0.257 e. The summed E-state index contributed by atoms with van der Waals surface area (Å²) in [7, 11) is 0. The zero-order valence-corrected chi connectivity index (χ0v) is 16.3. The highest BCUT2D eigenvalue weighted by atomic mass is 32.2. The molecule has 0 aliphatic carbocycles. The molecule has 5 nitrogen and oxygen atoms in total. The van der Waals surface area contributed by atoms with Crippen molar-refractivity contribution in [1.29, 1.82) is 0 Å². The van der Waals surface area contributed by atoms with Crippen LogP contribution in [0.5, 0.6) is 0 Å². The molecule has 1 amide bonds. The number of Topliss-reactive ketones (excluding diaryl/α,β-unsaturated/α-hetero) is 1. The van der Waals surface area contributed by atoms with Crippen molar-refractivity contribution < 1.29 is 14.0 Å². The molecule has 8 heteroatoms. The molecule has 3 rings (SSSR count). The summed E-state index contributed by atoms with van der Waals surface area (Å²) in [5, 5.41) is 10.8. The summed E-state index contributed by atoms with van der Waals surface area (Å²) in [6, 6.07) is 10.9.